The van der Waals surface area contributed by atoms with Crippen molar-refractivity contribution in [1.82, 2.24) is 0 Å². The molecular formula is C21H14ClFN2O5. The van der Waals surface area contributed by atoms with Crippen molar-refractivity contribution < 1.29 is 23.6 Å². The van der Waals surface area contributed by atoms with E-state index < -0.39 is 22.6 Å². The van der Waals surface area contributed by atoms with Crippen molar-refractivity contribution >= 4 is 34.9 Å². The quantitative estimate of drug-likeness (QED) is 0.338. The molecule has 0 saturated carbocycles. The van der Waals surface area contributed by atoms with E-state index in [9.17, 15) is 24.1 Å². The number of amides is 1. The Morgan fingerprint density at radius 3 is 2.40 bits per heavy atom. The van der Waals surface area contributed by atoms with Crippen LogP contribution < -0.4 is 5.32 Å². The predicted octanol–water partition coefficient (Wildman–Crippen LogP) is 5.00. The molecule has 3 aromatic rings. The summed E-state index contributed by atoms with van der Waals surface area (Å²) in [5.74, 6) is -1.73. The molecule has 0 atom stereocenters. The minimum absolute atomic E-state index is 0.0109. The monoisotopic (exact) mass is 428 g/mol. The Labute approximate surface area is 175 Å². The molecule has 152 valence electrons. The number of anilines is 1. The van der Waals surface area contributed by atoms with E-state index in [1.165, 1.54) is 42.5 Å². The number of esters is 1. The van der Waals surface area contributed by atoms with Gasteiger partial charge in [-0.15, -0.1) is 0 Å². The number of rotatable bonds is 6. The van der Waals surface area contributed by atoms with Crippen LogP contribution in [0.4, 0.5) is 15.8 Å². The Bertz CT molecular complexity index is 1120. The number of hydrogen-bond donors (Lipinski definition) is 1. The first-order valence-electron chi connectivity index (χ1n) is 8.61. The molecule has 3 rings (SSSR count). The molecule has 0 aromatic heterocycles. The number of benzene rings is 3. The molecule has 0 spiro atoms. The third-order valence-corrected chi connectivity index (χ3v) is 4.40. The number of non-ortho nitro benzene ring substituents is 1. The number of carbonyl (C=O) groups excluding carboxylic acids is 2. The van der Waals surface area contributed by atoms with Crippen LogP contribution >= 0.6 is 11.6 Å². The van der Waals surface area contributed by atoms with Gasteiger partial charge in [-0.05, 0) is 35.9 Å². The van der Waals surface area contributed by atoms with Crippen molar-refractivity contribution in [3.8, 4) is 0 Å². The van der Waals surface area contributed by atoms with E-state index in [0.29, 0.717) is 5.56 Å². The fraction of sp³-hybridized carbons (Fsp3) is 0.0476. The van der Waals surface area contributed by atoms with Gasteiger partial charge < -0.3 is 10.1 Å². The van der Waals surface area contributed by atoms with E-state index in [0.717, 1.165) is 12.1 Å². The van der Waals surface area contributed by atoms with Crippen LogP contribution in [0.2, 0.25) is 5.02 Å². The molecule has 0 radical (unpaired) electrons. The van der Waals surface area contributed by atoms with Gasteiger partial charge >= 0.3 is 5.97 Å². The molecule has 30 heavy (non-hydrogen) atoms. The highest BCUT2D eigenvalue weighted by Crippen LogP contribution is 2.24. The van der Waals surface area contributed by atoms with Crippen molar-refractivity contribution in [1.29, 1.82) is 0 Å². The smallest absolute Gasteiger partial charge is 0.340 e. The van der Waals surface area contributed by atoms with Gasteiger partial charge in [0.2, 0.25) is 0 Å². The van der Waals surface area contributed by atoms with Gasteiger partial charge in [0.25, 0.3) is 11.6 Å². The number of halogens is 2. The zero-order chi connectivity index (χ0) is 21.7. The van der Waals surface area contributed by atoms with Crippen LogP contribution in [0, 0.1) is 15.9 Å². The second-order valence-electron chi connectivity index (χ2n) is 6.12. The Morgan fingerprint density at radius 1 is 1.03 bits per heavy atom. The highest BCUT2D eigenvalue weighted by atomic mass is 35.5. The Morgan fingerprint density at radius 2 is 1.73 bits per heavy atom. The maximum absolute atomic E-state index is 13.0. The van der Waals surface area contributed by atoms with Crippen molar-refractivity contribution in [2.24, 2.45) is 0 Å². The molecule has 3 aromatic carbocycles. The second kappa shape index (κ2) is 9.15. The highest BCUT2D eigenvalue weighted by molar-refractivity contribution is 6.34. The number of nitro groups is 1. The van der Waals surface area contributed by atoms with E-state index in [-0.39, 0.29) is 34.1 Å². The lowest BCUT2D eigenvalue weighted by Crippen LogP contribution is -2.16. The van der Waals surface area contributed by atoms with Crippen molar-refractivity contribution in [3.63, 3.8) is 0 Å². The molecule has 0 heterocycles. The lowest BCUT2D eigenvalue weighted by Gasteiger charge is -2.12. The summed E-state index contributed by atoms with van der Waals surface area (Å²) >= 11 is 5.98. The Balaban J connectivity index is 1.74. The Hall–Kier alpha value is -3.78. The van der Waals surface area contributed by atoms with Gasteiger partial charge in [-0.1, -0.05) is 35.9 Å². The molecule has 0 saturated heterocycles. The van der Waals surface area contributed by atoms with Gasteiger partial charge in [0.15, 0.2) is 0 Å². The molecule has 9 heteroatoms. The van der Waals surface area contributed by atoms with Crippen molar-refractivity contribution in [3.05, 3.63) is 104 Å². The first kappa shape index (κ1) is 20.9. The molecule has 0 unspecified atom stereocenters. The largest absolute Gasteiger partial charge is 0.457 e. The Kier molecular flexibility index (Phi) is 6.38. The molecule has 0 bridgehead atoms. The summed E-state index contributed by atoms with van der Waals surface area (Å²) in [5, 5.41) is 13.3. The molecule has 0 aliphatic carbocycles. The maximum Gasteiger partial charge on any atom is 0.340 e. The summed E-state index contributed by atoms with van der Waals surface area (Å²) in [7, 11) is 0. The number of carbonyl (C=O) groups is 2. The minimum Gasteiger partial charge on any atom is -0.457 e. The lowest BCUT2D eigenvalue weighted by molar-refractivity contribution is -0.384. The molecule has 0 aliphatic rings. The van der Waals surface area contributed by atoms with E-state index in [1.54, 1.807) is 12.1 Å². The first-order chi connectivity index (χ1) is 14.3. The molecular weight excluding hydrogens is 415 g/mol. The standard InChI is InChI=1S/C21H14ClFN2O5/c22-18-11-15(25(28)29)9-10-16(18)20(26)24-19-4-2-1-3-17(19)21(27)30-12-13-5-7-14(23)8-6-13/h1-11H,12H2,(H,24,26). The third kappa shape index (κ3) is 4.98. The van der Waals surface area contributed by atoms with Crippen LogP contribution in [0.15, 0.2) is 66.7 Å². The number of ether oxygens (including phenoxy) is 1. The average Bonchev–Trinajstić information content (AvgIpc) is 2.73. The van der Waals surface area contributed by atoms with E-state index in [1.807, 2.05) is 0 Å². The molecule has 1 amide bonds. The normalized spacial score (nSPS) is 10.3. The zero-order valence-electron chi connectivity index (χ0n) is 15.3. The molecule has 7 nitrogen and oxygen atoms in total. The van der Waals surface area contributed by atoms with E-state index in [4.69, 9.17) is 16.3 Å². The topological polar surface area (TPSA) is 98.5 Å². The average molecular weight is 429 g/mol. The fourth-order valence-electron chi connectivity index (χ4n) is 2.57. The fourth-order valence-corrected chi connectivity index (χ4v) is 2.83. The van der Waals surface area contributed by atoms with E-state index >= 15 is 0 Å². The summed E-state index contributed by atoms with van der Waals surface area (Å²) in [6.45, 7) is -0.0738. The number of nitrogens with zero attached hydrogens (tertiary/aromatic N) is 1. The zero-order valence-corrected chi connectivity index (χ0v) is 16.1. The van der Waals surface area contributed by atoms with Gasteiger partial charge in [-0.3, -0.25) is 14.9 Å². The van der Waals surface area contributed by atoms with Gasteiger partial charge in [0.05, 0.1) is 26.8 Å². The summed E-state index contributed by atoms with van der Waals surface area (Å²) in [6, 6.07) is 15.1. The summed E-state index contributed by atoms with van der Waals surface area (Å²) < 4.78 is 18.2. The maximum atomic E-state index is 13.0. The van der Waals surface area contributed by atoms with Gasteiger partial charge in [-0.2, -0.15) is 0 Å². The van der Waals surface area contributed by atoms with Gasteiger partial charge in [-0.25, -0.2) is 9.18 Å². The first-order valence-corrected chi connectivity index (χ1v) is 8.99. The SMILES string of the molecule is O=C(Nc1ccccc1C(=O)OCc1ccc(F)cc1)c1ccc([N+](=O)[O-])cc1Cl. The van der Waals surface area contributed by atoms with Gasteiger partial charge in [0, 0.05) is 12.1 Å². The van der Waals surface area contributed by atoms with Crippen molar-refractivity contribution in [2.45, 2.75) is 6.61 Å². The number of para-hydroxylation sites is 1. The second-order valence-corrected chi connectivity index (χ2v) is 6.53. The van der Waals surface area contributed by atoms with Crippen LogP contribution in [0.1, 0.15) is 26.3 Å². The van der Waals surface area contributed by atoms with Crippen LogP contribution in [-0.2, 0) is 11.3 Å². The lowest BCUT2D eigenvalue weighted by atomic mass is 10.1. The van der Waals surface area contributed by atoms with E-state index in [2.05, 4.69) is 5.32 Å². The minimum atomic E-state index is -0.690. The molecule has 0 fully saturated rings. The number of nitro benzene ring substituents is 1. The number of hydrogen-bond acceptors (Lipinski definition) is 5. The third-order valence-electron chi connectivity index (χ3n) is 4.09. The predicted molar refractivity (Wildman–Crippen MR) is 108 cm³/mol. The summed E-state index contributed by atoms with van der Waals surface area (Å²) in [5.41, 5.74) is 0.647. The van der Waals surface area contributed by atoms with Crippen molar-refractivity contribution in [2.75, 3.05) is 5.32 Å². The highest BCUT2D eigenvalue weighted by Gasteiger charge is 2.18. The van der Waals surface area contributed by atoms with Gasteiger partial charge in [0.1, 0.15) is 12.4 Å². The number of nitrogens with one attached hydrogen (secondary N) is 1. The summed E-state index contributed by atoms with van der Waals surface area (Å²) in [4.78, 5) is 35.2. The van der Waals surface area contributed by atoms with Crippen LogP contribution in [0.5, 0.6) is 0 Å². The molecule has 0 aliphatic heterocycles. The van der Waals surface area contributed by atoms with Crippen LogP contribution in [0.3, 0.4) is 0 Å². The van der Waals surface area contributed by atoms with Crippen LogP contribution in [0.25, 0.3) is 0 Å². The summed E-state index contributed by atoms with van der Waals surface area (Å²) in [6.07, 6.45) is 0. The molecule has 1 N–H and O–H groups in total. The van der Waals surface area contributed by atoms with Crippen LogP contribution in [-0.4, -0.2) is 16.8 Å².